The number of pyridine rings is 1. The predicted molar refractivity (Wildman–Crippen MR) is 108 cm³/mol. The third kappa shape index (κ3) is 5.14. The van der Waals surface area contributed by atoms with E-state index >= 15 is 0 Å². The largest absolute Gasteiger partial charge is 0.435 e. The number of aromatic nitrogens is 1. The average molecular weight is 532 g/mol. The molecule has 0 spiro atoms. The van der Waals surface area contributed by atoms with Gasteiger partial charge in [-0.25, -0.2) is 14.2 Å². The van der Waals surface area contributed by atoms with E-state index in [1.807, 2.05) is 0 Å². The van der Waals surface area contributed by atoms with Crippen LogP contribution in [0.4, 0.5) is 60.2 Å². The van der Waals surface area contributed by atoms with Crippen molar-refractivity contribution in [2.45, 2.75) is 37.2 Å². The Morgan fingerprint density at radius 3 is 2.00 bits per heavy atom. The molecule has 0 bridgehead atoms. The molecule has 1 aromatic heterocycles. The standard InChI is InChI=1S/C21H18F10N4O/c1-12-11-34(16-15(19(23,24)25)3-2-8-32-16)9-10-35(12)17(36)33-14-6-4-13(5-7-14)18(22,20(26,27)28)21(29,30)31/h2-8,12H,9-11H2,1H3,(H,33,36)/t12-/m1/s1. The fourth-order valence-electron chi connectivity index (χ4n) is 3.79. The number of amides is 2. The van der Waals surface area contributed by atoms with E-state index in [4.69, 9.17) is 0 Å². The summed E-state index contributed by atoms with van der Waals surface area (Å²) in [5, 5.41) is 2.28. The third-order valence-electron chi connectivity index (χ3n) is 5.60. The van der Waals surface area contributed by atoms with Crippen molar-refractivity contribution in [3.05, 3.63) is 53.7 Å². The number of alkyl halides is 10. The minimum Gasteiger partial charge on any atom is -0.352 e. The van der Waals surface area contributed by atoms with Crippen molar-refractivity contribution in [1.82, 2.24) is 9.88 Å². The summed E-state index contributed by atoms with van der Waals surface area (Å²) in [6.45, 7) is 1.41. The number of anilines is 2. The molecule has 1 atom stereocenters. The number of halogens is 10. The van der Waals surface area contributed by atoms with E-state index in [1.54, 1.807) is 0 Å². The average Bonchev–Trinajstić information content (AvgIpc) is 2.76. The molecule has 5 nitrogen and oxygen atoms in total. The molecule has 0 radical (unpaired) electrons. The SMILES string of the molecule is C[C@@H]1CN(c2ncccc2C(F)(F)F)CCN1C(=O)Nc1ccc(C(F)(C(F)(F)F)C(F)(F)F)cc1. The fourth-order valence-corrected chi connectivity index (χ4v) is 3.79. The number of carbonyl (C=O) groups excluding carboxylic acids is 1. The van der Waals surface area contributed by atoms with E-state index in [0.29, 0.717) is 12.1 Å². The van der Waals surface area contributed by atoms with Crippen LogP contribution in [0.3, 0.4) is 0 Å². The first kappa shape index (κ1) is 27.3. The molecule has 2 heterocycles. The van der Waals surface area contributed by atoms with E-state index in [0.717, 1.165) is 12.1 Å². The smallest absolute Gasteiger partial charge is 0.352 e. The van der Waals surface area contributed by atoms with Gasteiger partial charge in [0.25, 0.3) is 0 Å². The number of piperazine rings is 1. The van der Waals surface area contributed by atoms with E-state index in [2.05, 4.69) is 10.3 Å². The van der Waals surface area contributed by atoms with Gasteiger partial charge in [0.05, 0.1) is 5.56 Å². The molecule has 0 saturated carbocycles. The van der Waals surface area contributed by atoms with Gasteiger partial charge in [-0.15, -0.1) is 0 Å². The molecule has 15 heteroatoms. The third-order valence-corrected chi connectivity index (χ3v) is 5.60. The summed E-state index contributed by atoms with van der Waals surface area (Å²) in [7, 11) is 0. The summed E-state index contributed by atoms with van der Waals surface area (Å²) in [5.74, 6) is -0.309. The van der Waals surface area contributed by atoms with E-state index in [1.165, 1.54) is 22.9 Å². The van der Waals surface area contributed by atoms with Gasteiger partial charge in [0.15, 0.2) is 0 Å². The van der Waals surface area contributed by atoms with Crippen LogP contribution in [0.15, 0.2) is 42.6 Å². The Morgan fingerprint density at radius 2 is 1.50 bits per heavy atom. The van der Waals surface area contributed by atoms with Crippen LogP contribution >= 0.6 is 0 Å². The number of nitrogens with zero attached hydrogens (tertiary/aromatic N) is 3. The van der Waals surface area contributed by atoms with Crippen LogP contribution in [0, 0.1) is 0 Å². The van der Waals surface area contributed by atoms with Gasteiger partial charge < -0.3 is 15.1 Å². The zero-order valence-electron chi connectivity index (χ0n) is 18.3. The second kappa shape index (κ2) is 9.32. The van der Waals surface area contributed by atoms with Crippen molar-refractivity contribution < 1.29 is 48.7 Å². The Hall–Kier alpha value is -3.26. The van der Waals surface area contributed by atoms with Crippen molar-refractivity contribution in [1.29, 1.82) is 0 Å². The highest BCUT2D eigenvalue weighted by Crippen LogP contribution is 2.53. The van der Waals surface area contributed by atoms with Crippen LogP contribution in [0.5, 0.6) is 0 Å². The molecular formula is C21H18F10N4O. The van der Waals surface area contributed by atoms with Gasteiger partial charge in [0.2, 0.25) is 0 Å². The van der Waals surface area contributed by atoms with Gasteiger partial charge in [-0.2, -0.15) is 39.5 Å². The molecule has 1 aromatic carbocycles. The molecule has 1 saturated heterocycles. The molecule has 0 aliphatic carbocycles. The number of hydrogen-bond acceptors (Lipinski definition) is 3. The quantitative estimate of drug-likeness (QED) is 0.484. The molecule has 36 heavy (non-hydrogen) atoms. The topological polar surface area (TPSA) is 48.5 Å². The lowest BCUT2D eigenvalue weighted by Gasteiger charge is -2.40. The minimum absolute atomic E-state index is 0.0294. The molecule has 1 aliphatic rings. The van der Waals surface area contributed by atoms with Crippen LogP contribution in [-0.2, 0) is 11.8 Å². The van der Waals surface area contributed by atoms with Crippen molar-refractivity contribution in [2.24, 2.45) is 0 Å². The Labute approximate surface area is 197 Å². The first-order valence-electron chi connectivity index (χ1n) is 10.2. The maximum absolute atomic E-state index is 14.1. The second-order valence-electron chi connectivity index (χ2n) is 8.02. The first-order valence-corrected chi connectivity index (χ1v) is 10.2. The van der Waals surface area contributed by atoms with Crippen LogP contribution in [0.2, 0.25) is 0 Å². The number of nitrogens with one attached hydrogen (secondary N) is 1. The summed E-state index contributed by atoms with van der Waals surface area (Å²) < 4.78 is 131. The molecule has 198 valence electrons. The van der Waals surface area contributed by atoms with Gasteiger partial charge in [-0.1, -0.05) is 12.1 Å². The zero-order valence-corrected chi connectivity index (χ0v) is 18.3. The lowest BCUT2D eigenvalue weighted by molar-refractivity contribution is -0.348. The Bertz CT molecular complexity index is 1070. The number of rotatable bonds is 3. The minimum atomic E-state index is -6.27. The van der Waals surface area contributed by atoms with Crippen molar-refractivity contribution in [3.63, 3.8) is 0 Å². The maximum atomic E-state index is 14.1. The number of urea groups is 1. The monoisotopic (exact) mass is 532 g/mol. The van der Waals surface area contributed by atoms with Crippen LogP contribution in [0.25, 0.3) is 0 Å². The molecule has 1 N–H and O–H groups in total. The molecular weight excluding hydrogens is 514 g/mol. The van der Waals surface area contributed by atoms with Crippen LogP contribution in [-0.4, -0.2) is 53.9 Å². The predicted octanol–water partition coefficient (Wildman–Crippen LogP) is 6.13. The van der Waals surface area contributed by atoms with Crippen molar-refractivity contribution in [3.8, 4) is 0 Å². The Kier molecular flexibility index (Phi) is 7.07. The molecule has 1 fully saturated rings. The lowest BCUT2D eigenvalue weighted by atomic mass is 9.94. The molecule has 2 aromatic rings. The van der Waals surface area contributed by atoms with Gasteiger partial charge in [-0.05, 0) is 31.2 Å². The number of hydrogen-bond donors (Lipinski definition) is 1. The number of benzene rings is 1. The van der Waals surface area contributed by atoms with Gasteiger partial charge in [0, 0.05) is 43.1 Å². The maximum Gasteiger partial charge on any atom is 0.435 e. The number of carbonyl (C=O) groups is 1. The summed E-state index contributed by atoms with van der Waals surface area (Å²) >= 11 is 0. The summed E-state index contributed by atoms with van der Waals surface area (Å²) in [6, 6.07) is 2.46. The summed E-state index contributed by atoms with van der Waals surface area (Å²) in [4.78, 5) is 19.0. The van der Waals surface area contributed by atoms with Gasteiger partial charge >= 0.3 is 30.2 Å². The van der Waals surface area contributed by atoms with Gasteiger partial charge in [0.1, 0.15) is 5.82 Å². The van der Waals surface area contributed by atoms with E-state index in [-0.39, 0.29) is 43.3 Å². The first-order chi connectivity index (χ1) is 16.5. The summed E-state index contributed by atoms with van der Waals surface area (Å²) in [6.07, 6.45) is -16.0. The fraction of sp³-hybridized carbons (Fsp3) is 0.429. The molecule has 3 rings (SSSR count). The zero-order chi connectivity index (χ0) is 27.1. The molecule has 1 aliphatic heterocycles. The van der Waals surface area contributed by atoms with Crippen molar-refractivity contribution in [2.75, 3.05) is 29.9 Å². The normalized spacial score (nSPS) is 17.8. The second-order valence-corrected chi connectivity index (χ2v) is 8.02. The highest BCUT2D eigenvalue weighted by Gasteiger charge is 2.73. The summed E-state index contributed by atoms with van der Waals surface area (Å²) in [5.41, 5.74) is -8.47. The molecule has 0 unspecified atom stereocenters. The van der Waals surface area contributed by atoms with E-state index < -0.39 is 47.4 Å². The highest BCUT2D eigenvalue weighted by molar-refractivity contribution is 5.89. The van der Waals surface area contributed by atoms with Gasteiger partial charge in [-0.3, -0.25) is 0 Å². The Balaban J connectivity index is 1.71. The van der Waals surface area contributed by atoms with Crippen molar-refractivity contribution >= 4 is 17.5 Å². The highest BCUT2D eigenvalue weighted by atomic mass is 19.4. The lowest BCUT2D eigenvalue weighted by Crippen LogP contribution is -2.55. The van der Waals surface area contributed by atoms with Crippen LogP contribution < -0.4 is 10.2 Å². The molecule has 2 amide bonds. The Morgan fingerprint density at radius 1 is 0.917 bits per heavy atom. The van der Waals surface area contributed by atoms with E-state index in [9.17, 15) is 48.7 Å². The van der Waals surface area contributed by atoms with Crippen LogP contribution in [0.1, 0.15) is 18.1 Å².